The molecule has 0 saturated carbocycles. The van der Waals surface area contributed by atoms with Gasteiger partial charge in [-0.3, -0.25) is 9.59 Å². The minimum atomic E-state index is -0.540. The van der Waals surface area contributed by atoms with Gasteiger partial charge in [-0.25, -0.2) is 0 Å². The Morgan fingerprint density at radius 2 is 1.48 bits per heavy atom. The van der Waals surface area contributed by atoms with E-state index in [2.05, 4.69) is 6.92 Å². The van der Waals surface area contributed by atoms with Gasteiger partial charge in [-0.2, -0.15) is 10.5 Å². The smallest absolute Gasteiger partial charge is 0.211 e. The summed E-state index contributed by atoms with van der Waals surface area (Å²) >= 11 is 1.31. The lowest BCUT2D eigenvalue weighted by Gasteiger charge is -2.10. The largest absolute Gasteiger partial charge is 0.288 e. The van der Waals surface area contributed by atoms with Crippen LogP contribution in [0.5, 0.6) is 0 Å². The summed E-state index contributed by atoms with van der Waals surface area (Å²) in [6.45, 7) is 2.20. The fourth-order valence-electron chi connectivity index (χ4n) is 2.36. The van der Waals surface area contributed by atoms with Gasteiger partial charge in [0, 0.05) is 6.08 Å². The van der Waals surface area contributed by atoms with Gasteiger partial charge in [0.05, 0.1) is 4.91 Å². The molecule has 0 N–H and O–H groups in total. The van der Waals surface area contributed by atoms with E-state index >= 15 is 0 Å². The molecule has 0 fully saturated rings. The molecule has 122 valence electrons. The van der Waals surface area contributed by atoms with Gasteiger partial charge in [0.25, 0.3) is 0 Å². The van der Waals surface area contributed by atoms with E-state index in [-0.39, 0.29) is 16.1 Å². The zero-order valence-electron chi connectivity index (χ0n) is 13.6. The number of Topliss-reactive ketones (excluding diaryl/α,β-unsaturated/α-hetero) is 1. The molecular formula is C18H22N2O2S. The standard InChI is InChI=1S/C18H22N2O2S/c1-2-3-4-5-6-7-8-9-10-23-17-11-16(21)14(12-19)15(13-20)18(17)22/h11H,2-10H2,1H3. The average molecular weight is 330 g/mol. The lowest BCUT2D eigenvalue weighted by Crippen LogP contribution is -2.16. The fraction of sp³-hybridized carbons (Fsp3) is 0.556. The molecule has 0 aromatic carbocycles. The third kappa shape index (κ3) is 6.04. The second-order valence-electron chi connectivity index (χ2n) is 5.50. The molecule has 0 heterocycles. The number of carbonyl (C=O) groups is 2. The quantitative estimate of drug-likeness (QED) is 0.442. The van der Waals surface area contributed by atoms with Crippen LogP contribution in [0.2, 0.25) is 0 Å². The van der Waals surface area contributed by atoms with Gasteiger partial charge < -0.3 is 0 Å². The molecule has 1 aliphatic carbocycles. The number of thioether (sulfide) groups is 1. The minimum absolute atomic E-state index is 0.286. The zero-order chi connectivity index (χ0) is 17.1. The second-order valence-corrected chi connectivity index (χ2v) is 6.64. The van der Waals surface area contributed by atoms with E-state index < -0.39 is 11.6 Å². The van der Waals surface area contributed by atoms with Gasteiger partial charge in [0.15, 0.2) is 5.78 Å². The molecule has 1 rings (SSSR count). The van der Waals surface area contributed by atoms with Crippen molar-refractivity contribution in [2.75, 3.05) is 5.75 Å². The highest BCUT2D eigenvalue weighted by atomic mass is 32.2. The Morgan fingerprint density at radius 1 is 0.913 bits per heavy atom. The van der Waals surface area contributed by atoms with E-state index in [0.29, 0.717) is 0 Å². The maximum atomic E-state index is 12.1. The molecule has 0 aliphatic heterocycles. The van der Waals surface area contributed by atoms with Crippen LogP contribution in [0.15, 0.2) is 22.1 Å². The number of hydrogen-bond acceptors (Lipinski definition) is 5. The molecule has 0 radical (unpaired) electrons. The van der Waals surface area contributed by atoms with E-state index in [4.69, 9.17) is 10.5 Å². The first-order valence-corrected chi connectivity index (χ1v) is 9.12. The predicted octanol–water partition coefficient (Wildman–Crippen LogP) is 4.24. The molecule has 0 atom stereocenters. The van der Waals surface area contributed by atoms with Crippen LogP contribution in [-0.2, 0) is 9.59 Å². The molecule has 0 aromatic heterocycles. The normalized spacial score (nSPS) is 14.5. The Bertz CT molecular complexity index is 591. The van der Waals surface area contributed by atoms with Crippen LogP contribution in [0.3, 0.4) is 0 Å². The SMILES string of the molecule is CCCCCCCCCCSC1=CC(=O)C(C#N)=C(C#N)C1=O. The second kappa shape index (κ2) is 10.8. The molecule has 0 unspecified atom stereocenters. The highest BCUT2D eigenvalue weighted by Gasteiger charge is 2.28. The molecule has 23 heavy (non-hydrogen) atoms. The first-order valence-electron chi connectivity index (χ1n) is 8.13. The van der Waals surface area contributed by atoms with Crippen molar-refractivity contribution in [3.63, 3.8) is 0 Å². The van der Waals surface area contributed by atoms with Crippen LogP contribution in [0.1, 0.15) is 58.3 Å². The van der Waals surface area contributed by atoms with Gasteiger partial charge in [0.1, 0.15) is 23.3 Å². The monoisotopic (exact) mass is 330 g/mol. The van der Waals surface area contributed by atoms with Gasteiger partial charge in [-0.15, -0.1) is 11.8 Å². The molecule has 0 amide bonds. The number of unbranched alkanes of at least 4 members (excludes halogenated alkanes) is 7. The average Bonchev–Trinajstić information content (AvgIpc) is 2.55. The molecule has 1 aliphatic rings. The molecule has 0 saturated heterocycles. The number of hydrogen-bond donors (Lipinski definition) is 0. The Hall–Kier alpha value is -1.85. The number of rotatable bonds is 10. The van der Waals surface area contributed by atoms with Gasteiger partial charge >= 0.3 is 0 Å². The predicted molar refractivity (Wildman–Crippen MR) is 91.4 cm³/mol. The first-order chi connectivity index (χ1) is 11.2. The maximum Gasteiger partial charge on any atom is 0.211 e. The summed E-state index contributed by atoms with van der Waals surface area (Å²) in [7, 11) is 0. The van der Waals surface area contributed by atoms with Crippen LogP contribution in [0.25, 0.3) is 0 Å². The summed E-state index contributed by atoms with van der Waals surface area (Å²) in [6, 6.07) is 3.33. The lowest BCUT2D eigenvalue weighted by atomic mass is 9.97. The Balaban J connectivity index is 2.32. The summed E-state index contributed by atoms with van der Waals surface area (Å²) in [5.74, 6) is -0.282. The van der Waals surface area contributed by atoms with Crippen molar-refractivity contribution in [1.29, 1.82) is 10.5 Å². The molecule has 0 aromatic rings. The van der Waals surface area contributed by atoms with Crippen LogP contribution < -0.4 is 0 Å². The van der Waals surface area contributed by atoms with Crippen LogP contribution in [0, 0.1) is 22.7 Å². The summed E-state index contributed by atoms with van der Waals surface area (Å²) in [5, 5.41) is 17.8. The van der Waals surface area contributed by atoms with Crippen LogP contribution >= 0.6 is 11.8 Å². The van der Waals surface area contributed by atoms with Crippen molar-refractivity contribution < 1.29 is 9.59 Å². The minimum Gasteiger partial charge on any atom is -0.288 e. The molecule has 5 heteroatoms. The highest BCUT2D eigenvalue weighted by molar-refractivity contribution is 8.04. The van der Waals surface area contributed by atoms with Gasteiger partial charge in [0.2, 0.25) is 5.78 Å². The summed E-state index contributed by atoms with van der Waals surface area (Å²) in [4.78, 5) is 24.1. The van der Waals surface area contributed by atoms with Gasteiger partial charge in [-0.1, -0.05) is 51.9 Å². The topological polar surface area (TPSA) is 81.7 Å². The van der Waals surface area contributed by atoms with Gasteiger partial charge in [-0.05, 0) is 12.2 Å². The molecule has 4 nitrogen and oxygen atoms in total. The first kappa shape index (κ1) is 19.2. The highest BCUT2D eigenvalue weighted by Crippen LogP contribution is 2.27. The van der Waals surface area contributed by atoms with E-state index in [1.54, 1.807) is 12.1 Å². The van der Waals surface area contributed by atoms with Crippen molar-refractivity contribution >= 4 is 23.3 Å². The van der Waals surface area contributed by atoms with Crippen LogP contribution in [0.4, 0.5) is 0 Å². The number of allylic oxidation sites excluding steroid dienone is 4. The number of ketones is 2. The molecular weight excluding hydrogens is 308 g/mol. The maximum absolute atomic E-state index is 12.1. The Labute approximate surface area is 142 Å². The number of carbonyl (C=O) groups excluding carboxylic acids is 2. The van der Waals surface area contributed by atoms with Crippen molar-refractivity contribution in [1.82, 2.24) is 0 Å². The van der Waals surface area contributed by atoms with Crippen molar-refractivity contribution in [2.45, 2.75) is 58.3 Å². The number of nitrogens with zero attached hydrogens (tertiary/aromatic N) is 2. The lowest BCUT2D eigenvalue weighted by molar-refractivity contribution is -0.114. The summed E-state index contributed by atoms with van der Waals surface area (Å²) in [6.07, 6.45) is 10.9. The van der Waals surface area contributed by atoms with Crippen molar-refractivity contribution in [3.8, 4) is 12.1 Å². The van der Waals surface area contributed by atoms with E-state index in [9.17, 15) is 9.59 Å². The third-order valence-electron chi connectivity index (χ3n) is 3.69. The Morgan fingerprint density at radius 3 is 2.04 bits per heavy atom. The summed E-state index contributed by atoms with van der Waals surface area (Å²) < 4.78 is 0. The third-order valence-corrected chi connectivity index (χ3v) is 4.80. The van der Waals surface area contributed by atoms with Crippen LogP contribution in [-0.4, -0.2) is 17.3 Å². The van der Waals surface area contributed by atoms with Crippen molar-refractivity contribution in [3.05, 3.63) is 22.1 Å². The van der Waals surface area contributed by atoms with E-state index in [0.717, 1.165) is 18.6 Å². The van der Waals surface area contributed by atoms with E-state index in [1.807, 2.05) is 0 Å². The summed E-state index contributed by atoms with van der Waals surface area (Å²) in [5.41, 5.74) is -0.660. The zero-order valence-corrected chi connectivity index (χ0v) is 14.4. The molecule has 0 bridgehead atoms. The number of nitriles is 2. The Kier molecular flexibility index (Phi) is 9.02. The van der Waals surface area contributed by atoms with E-state index in [1.165, 1.54) is 56.4 Å². The molecule has 0 spiro atoms. The fourth-order valence-corrected chi connectivity index (χ4v) is 3.35. The van der Waals surface area contributed by atoms with Crippen molar-refractivity contribution in [2.24, 2.45) is 0 Å².